The summed E-state index contributed by atoms with van der Waals surface area (Å²) in [4.78, 5) is 17.4. The van der Waals surface area contributed by atoms with E-state index >= 15 is 0 Å². The maximum absolute atomic E-state index is 12.7. The van der Waals surface area contributed by atoms with E-state index in [2.05, 4.69) is 27.2 Å². The molecule has 154 valence electrons. The van der Waals surface area contributed by atoms with Gasteiger partial charge in [-0.1, -0.05) is 18.6 Å². The number of hydrogen-bond donors (Lipinski definition) is 1. The van der Waals surface area contributed by atoms with Gasteiger partial charge in [0.15, 0.2) is 6.29 Å². The second-order valence-corrected chi connectivity index (χ2v) is 9.01. The number of carbonyl (C=O) groups excluding carboxylic acids is 1. The molecule has 7 heteroatoms. The minimum absolute atomic E-state index is 0.0384. The predicted molar refractivity (Wildman–Crippen MR) is 113 cm³/mol. The highest BCUT2D eigenvalue weighted by molar-refractivity contribution is 7.99. The molecule has 1 unspecified atom stereocenters. The largest absolute Gasteiger partial charge is 0.349 e. The smallest absolute Gasteiger partial charge is 0.238 e. The van der Waals surface area contributed by atoms with E-state index in [1.807, 2.05) is 23.9 Å². The van der Waals surface area contributed by atoms with E-state index in [0.717, 1.165) is 44.7 Å². The summed E-state index contributed by atoms with van der Waals surface area (Å²) in [5.74, 6) is 2.46. The molecule has 3 heterocycles. The molecule has 1 aromatic carbocycles. The third-order valence-corrected chi connectivity index (χ3v) is 6.64. The molecule has 3 saturated heterocycles. The topological polar surface area (TPSA) is 54.0 Å². The van der Waals surface area contributed by atoms with Gasteiger partial charge in [0, 0.05) is 36.8 Å². The minimum atomic E-state index is -0.181. The molecule has 3 fully saturated rings. The predicted octanol–water partition coefficient (Wildman–Crippen LogP) is 2.40. The number of carbonyl (C=O) groups is 1. The van der Waals surface area contributed by atoms with Crippen LogP contribution in [-0.4, -0.2) is 78.9 Å². The lowest BCUT2D eigenvalue weighted by Crippen LogP contribution is -2.50. The van der Waals surface area contributed by atoms with Crippen molar-refractivity contribution in [2.45, 2.75) is 38.1 Å². The van der Waals surface area contributed by atoms with Crippen LogP contribution in [0.1, 0.15) is 24.8 Å². The third kappa shape index (κ3) is 5.48. The zero-order valence-corrected chi connectivity index (χ0v) is 17.3. The number of amides is 1. The molecular weight excluding hydrogens is 374 g/mol. The Balaban J connectivity index is 1.31. The molecule has 1 N–H and O–H groups in total. The molecule has 3 aliphatic rings. The summed E-state index contributed by atoms with van der Waals surface area (Å²) < 4.78 is 11.4. The number of piperidine rings is 1. The number of nitrogens with zero attached hydrogens (tertiary/aromatic N) is 2. The Morgan fingerprint density at radius 3 is 2.79 bits per heavy atom. The van der Waals surface area contributed by atoms with Gasteiger partial charge >= 0.3 is 0 Å². The molecule has 1 amide bonds. The maximum atomic E-state index is 12.7. The standard InChI is InChI=1S/C21H31N3O3S/c25-20(16-24-7-2-1-6-19(24)21-26-10-11-27-21)22-18-5-3-4-17(14-18)15-23-8-12-28-13-9-23/h3-5,14,19,21H,1-2,6-13,15-16H2,(H,22,25). The summed E-state index contributed by atoms with van der Waals surface area (Å²) in [5.41, 5.74) is 2.14. The highest BCUT2D eigenvalue weighted by Gasteiger charge is 2.34. The van der Waals surface area contributed by atoms with Crippen molar-refractivity contribution in [3.8, 4) is 0 Å². The fourth-order valence-corrected chi connectivity index (χ4v) is 5.25. The van der Waals surface area contributed by atoms with Crippen LogP contribution < -0.4 is 5.32 Å². The molecule has 6 nitrogen and oxygen atoms in total. The number of thioether (sulfide) groups is 1. The molecule has 0 saturated carbocycles. The number of likely N-dealkylation sites (tertiary alicyclic amines) is 1. The van der Waals surface area contributed by atoms with Crippen LogP contribution in [-0.2, 0) is 20.8 Å². The van der Waals surface area contributed by atoms with E-state index < -0.39 is 0 Å². The maximum Gasteiger partial charge on any atom is 0.238 e. The SMILES string of the molecule is O=C(CN1CCCCC1C1OCCO1)Nc1cccc(CN2CCSCC2)c1. The number of hydrogen-bond acceptors (Lipinski definition) is 6. The number of nitrogens with one attached hydrogen (secondary N) is 1. The fraction of sp³-hybridized carbons (Fsp3) is 0.667. The van der Waals surface area contributed by atoms with Crippen molar-refractivity contribution >= 4 is 23.4 Å². The van der Waals surface area contributed by atoms with Gasteiger partial charge < -0.3 is 14.8 Å². The molecule has 0 bridgehead atoms. The van der Waals surface area contributed by atoms with Crippen molar-refractivity contribution in [3.63, 3.8) is 0 Å². The molecule has 3 aliphatic heterocycles. The molecule has 0 aliphatic carbocycles. The zero-order chi connectivity index (χ0) is 19.2. The van der Waals surface area contributed by atoms with Crippen LogP contribution in [0.15, 0.2) is 24.3 Å². The summed E-state index contributed by atoms with van der Waals surface area (Å²) >= 11 is 2.03. The van der Waals surface area contributed by atoms with Crippen LogP contribution in [0, 0.1) is 0 Å². The zero-order valence-electron chi connectivity index (χ0n) is 16.5. The Hall–Kier alpha value is -1.12. The molecule has 0 radical (unpaired) electrons. The van der Waals surface area contributed by atoms with Crippen LogP contribution in [0.5, 0.6) is 0 Å². The molecule has 0 spiro atoms. The van der Waals surface area contributed by atoms with Gasteiger partial charge in [0.25, 0.3) is 0 Å². The highest BCUT2D eigenvalue weighted by Crippen LogP contribution is 2.24. The molecule has 28 heavy (non-hydrogen) atoms. The Morgan fingerprint density at radius 2 is 1.96 bits per heavy atom. The monoisotopic (exact) mass is 405 g/mol. The van der Waals surface area contributed by atoms with E-state index in [-0.39, 0.29) is 18.2 Å². The normalized spacial score (nSPS) is 25.1. The molecule has 1 aromatic rings. The Labute approximate surface area is 171 Å². The summed E-state index contributed by atoms with van der Waals surface area (Å²) in [6.45, 7) is 5.86. The van der Waals surface area contributed by atoms with Gasteiger partial charge in [-0.3, -0.25) is 14.6 Å². The van der Waals surface area contributed by atoms with Crippen LogP contribution in [0.25, 0.3) is 0 Å². The van der Waals surface area contributed by atoms with Gasteiger partial charge in [0.2, 0.25) is 5.91 Å². The van der Waals surface area contributed by atoms with E-state index in [1.54, 1.807) is 0 Å². The van der Waals surface area contributed by atoms with Gasteiger partial charge in [-0.2, -0.15) is 11.8 Å². The highest BCUT2D eigenvalue weighted by atomic mass is 32.2. The summed E-state index contributed by atoms with van der Waals surface area (Å²) in [6.07, 6.45) is 3.14. The summed E-state index contributed by atoms with van der Waals surface area (Å²) in [6, 6.07) is 8.45. The number of anilines is 1. The molecule has 0 aromatic heterocycles. The van der Waals surface area contributed by atoms with Crippen LogP contribution in [0.3, 0.4) is 0 Å². The second-order valence-electron chi connectivity index (χ2n) is 7.78. The Bertz CT molecular complexity index is 648. The lowest BCUT2D eigenvalue weighted by atomic mass is 10.0. The minimum Gasteiger partial charge on any atom is -0.349 e. The van der Waals surface area contributed by atoms with E-state index in [0.29, 0.717) is 19.8 Å². The van der Waals surface area contributed by atoms with Gasteiger partial charge in [0.1, 0.15) is 0 Å². The van der Waals surface area contributed by atoms with E-state index in [4.69, 9.17) is 9.47 Å². The lowest BCUT2D eigenvalue weighted by molar-refractivity contribution is -0.127. The summed E-state index contributed by atoms with van der Waals surface area (Å²) in [5, 5.41) is 3.09. The van der Waals surface area contributed by atoms with E-state index in [9.17, 15) is 4.79 Å². The van der Waals surface area contributed by atoms with Gasteiger partial charge in [-0.05, 0) is 37.1 Å². The first-order valence-electron chi connectivity index (χ1n) is 10.4. The Morgan fingerprint density at radius 1 is 1.14 bits per heavy atom. The number of ether oxygens (including phenoxy) is 2. The van der Waals surface area contributed by atoms with Gasteiger partial charge in [0.05, 0.1) is 25.8 Å². The number of benzene rings is 1. The van der Waals surface area contributed by atoms with E-state index in [1.165, 1.54) is 23.5 Å². The molecule has 1 atom stereocenters. The van der Waals surface area contributed by atoms with Crippen molar-refractivity contribution in [3.05, 3.63) is 29.8 Å². The van der Waals surface area contributed by atoms with Crippen molar-refractivity contribution in [2.75, 3.05) is 56.2 Å². The van der Waals surface area contributed by atoms with Gasteiger partial charge in [-0.15, -0.1) is 0 Å². The molecule has 4 rings (SSSR count). The first-order valence-corrected chi connectivity index (χ1v) is 11.6. The van der Waals surface area contributed by atoms with Gasteiger partial charge in [-0.25, -0.2) is 0 Å². The van der Waals surface area contributed by atoms with Crippen molar-refractivity contribution < 1.29 is 14.3 Å². The quantitative estimate of drug-likeness (QED) is 0.784. The van der Waals surface area contributed by atoms with Crippen LogP contribution in [0.2, 0.25) is 0 Å². The lowest BCUT2D eigenvalue weighted by Gasteiger charge is -2.37. The third-order valence-electron chi connectivity index (χ3n) is 5.69. The average molecular weight is 406 g/mol. The molecular formula is C21H31N3O3S. The summed E-state index contributed by atoms with van der Waals surface area (Å²) in [7, 11) is 0. The van der Waals surface area contributed by atoms with Crippen LogP contribution >= 0.6 is 11.8 Å². The van der Waals surface area contributed by atoms with Crippen molar-refractivity contribution in [1.82, 2.24) is 9.80 Å². The Kier molecular flexibility index (Phi) is 7.25. The number of rotatable bonds is 6. The van der Waals surface area contributed by atoms with Crippen LogP contribution in [0.4, 0.5) is 5.69 Å². The van der Waals surface area contributed by atoms with Crippen molar-refractivity contribution in [2.24, 2.45) is 0 Å². The van der Waals surface area contributed by atoms with Crippen molar-refractivity contribution in [1.29, 1.82) is 0 Å². The fourth-order valence-electron chi connectivity index (χ4n) is 4.27. The first kappa shape index (κ1) is 20.2. The average Bonchev–Trinajstić information content (AvgIpc) is 3.24. The second kappa shape index (κ2) is 10.1. The first-order chi connectivity index (χ1) is 13.8.